The van der Waals surface area contributed by atoms with Crippen LogP contribution in [-0.2, 0) is 9.53 Å². The van der Waals surface area contributed by atoms with Gasteiger partial charge in [0, 0.05) is 0 Å². The summed E-state index contributed by atoms with van der Waals surface area (Å²) >= 11 is 0. The van der Waals surface area contributed by atoms with Gasteiger partial charge in [-0.05, 0) is 44.0 Å². The summed E-state index contributed by atoms with van der Waals surface area (Å²) in [6.45, 7) is 5.98. The van der Waals surface area contributed by atoms with Crippen LogP contribution in [0.4, 0.5) is 0 Å². The van der Waals surface area contributed by atoms with Crippen molar-refractivity contribution < 1.29 is 14.3 Å². The maximum atomic E-state index is 11.4. The Hall–Kier alpha value is -2.37. The van der Waals surface area contributed by atoms with Crippen molar-refractivity contribution in [3.63, 3.8) is 0 Å². The predicted octanol–water partition coefficient (Wildman–Crippen LogP) is 1.83. The van der Waals surface area contributed by atoms with E-state index >= 15 is 0 Å². The zero-order chi connectivity index (χ0) is 14.5. The molecular formula is C14H17N3O3. The van der Waals surface area contributed by atoms with Crippen LogP contribution >= 0.6 is 0 Å². The Kier molecular flexibility index (Phi) is 4.34. The van der Waals surface area contributed by atoms with Crippen LogP contribution in [0.25, 0.3) is 5.69 Å². The monoisotopic (exact) mass is 275 g/mol. The summed E-state index contributed by atoms with van der Waals surface area (Å²) in [7, 11) is 0. The van der Waals surface area contributed by atoms with Crippen molar-refractivity contribution in [2.45, 2.75) is 20.8 Å². The van der Waals surface area contributed by atoms with Gasteiger partial charge in [0.25, 0.3) is 0 Å². The summed E-state index contributed by atoms with van der Waals surface area (Å²) < 4.78 is 12.2. The van der Waals surface area contributed by atoms with Crippen molar-refractivity contribution >= 4 is 5.97 Å². The largest absolute Gasteiger partial charge is 0.480 e. The smallest absolute Gasteiger partial charge is 0.344 e. The van der Waals surface area contributed by atoms with Gasteiger partial charge in [-0.25, -0.2) is 4.79 Å². The first-order valence-corrected chi connectivity index (χ1v) is 6.36. The zero-order valence-electron chi connectivity index (χ0n) is 11.8. The second kappa shape index (κ2) is 6.18. The second-order valence-electron chi connectivity index (χ2n) is 4.37. The van der Waals surface area contributed by atoms with Gasteiger partial charge < -0.3 is 9.47 Å². The van der Waals surface area contributed by atoms with E-state index in [1.54, 1.807) is 24.1 Å². The number of carbonyl (C=O) groups excluding carboxylic acids is 1. The molecule has 0 spiro atoms. The number of ether oxygens (including phenoxy) is 2. The number of hydrogen-bond donors (Lipinski definition) is 0. The Morgan fingerprint density at radius 2 is 1.85 bits per heavy atom. The third-order valence-corrected chi connectivity index (χ3v) is 2.92. The Labute approximate surface area is 117 Å². The van der Waals surface area contributed by atoms with Crippen molar-refractivity contribution in [1.82, 2.24) is 14.8 Å². The number of aryl methyl sites for hydroxylation is 2. The average molecular weight is 275 g/mol. The molecule has 1 heterocycles. The van der Waals surface area contributed by atoms with Gasteiger partial charge in [0.2, 0.25) is 0 Å². The van der Waals surface area contributed by atoms with Gasteiger partial charge in [0.15, 0.2) is 6.61 Å². The number of hydrogen-bond acceptors (Lipinski definition) is 5. The third-order valence-electron chi connectivity index (χ3n) is 2.92. The van der Waals surface area contributed by atoms with Crippen LogP contribution < -0.4 is 4.74 Å². The van der Waals surface area contributed by atoms with Crippen molar-refractivity contribution in [1.29, 1.82) is 0 Å². The minimum Gasteiger partial charge on any atom is -0.480 e. The van der Waals surface area contributed by atoms with E-state index in [4.69, 9.17) is 9.47 Å². The van der Waals surface area contributed by atoms with E-state index in [2.05, 4.69) is 10.2 Å². The number of aromatic nitrogens is 3. The van der Waals surface area contributed by atoms with E-state index < -0.39 is 0 Å². The van der Waals surface area contributed by atoms with Gasteiger partial charge in [-0.3, -0.25) is 4.57 Å². The molecule has 106 valence electrons. The van der Waals surface area contributed by atoms with Crippen LogP contribution in [-0.4, -0.2) is 33.9 Å². The van der Waals surface area contributed by atoms with Gasteiger partial charge in [-0.1, -0.05) is 0 Å². The Bertz CT molecular complexity index is 594. The first kappa shape index (κ1) is 14.0. The summed E-state index contributed by atoms with van der Waals surface area (Å²) in [5.74, 6) is 0.210. The Morgan fingerprint density at radius 3 is 2.50 bits per heavy atom. The standard InChI is InChI=1S/C14H17N3O3/c1-4-19-14(18)7-20-13-6-11(3)10(2)5-12(13)17-8-15-16-9-17/h5-6,8-9H,4,7H2,1-3H3. The molecular weight excluding hydrogens is 258 g/mol. The molecule has 1 aromatic heterocycles. The van der Waals surface area contributed by atoms with E-state index in [0.717, 1.165) is 16.8 Å². The highest BCUT2D eigenvalue weighted by molar-refractivity contribution is 5.71. The van der Waals surface area contributed by atoms with E-state index in [-0.39, 0.29) is 12.6 Å². The van der Waals surface area contributed by atoms with E-state index in [0.29, 0.717) is 12.4 Å². The minimum atomic E-state index is -0.388. The van der Waals surface area contributed by atoms with Crippen LogP contribution in [0.1, 0.15) is 18.1 Å². The molecule has 0 aliphatic heterocycles. The maximum Gasteiger partial charge on any atom is 0.344 e. The molecule has 20 heavy (non-hydrogen) atoms. The fourth-order valence-electron chi connectivity index (χ4n) is 1.76. The van der Waals surface area contributed by atoms with Crippen molar-refractivity contribution in [2.75, 3.05) is 13.2 Å². The molecule has 0 aliphatic rings. The molecule has 6 heteroatoms. The van der Waals surface area contributed by atoms with Crippen molar-refractivity contribution in [2.24, 2.45) is 0 Å². The van der Waals surface area contributed by atoms with Crippen LogP contribution in [0.5, 0.6) is 5.75 Å². The predicted molar refractivity (Wildman–Crippen MR) is 73.0 cm³/mol. The Morgan fingerprint density at radius 1 is 1.20 bits per heavy atom. The van der Waals surface area contributed by atoms with Crippen LogP contribution in [0.2, 0.25) is 0 Å². The fourth-order valence-corrected chi connectivity index (χ4v) is 1.76. The molecule has 0 amide bonds. The molecule has 0 aliphatic carbocycles. The van der Waals surface area contributed by atoms with Gasteiger partial charge in [0.05, 0.1) is 12.3 Å². The van der Waals surface area contributed by atoms with Crippen LogP contribution in [0.3, 0.4) is 0 Å². The Balaban J connectivity index is 2.26. The van der Waals surface area contributed by atoms with E-state index in [1.165, 1.54) is 0 Å². The number of nitrogens with zero attached hydrogens (tertiary/aromatic N) is 3. The van der Waals surface area contributed by atoms with Crippen molar-refractivity contribution in [3.8, 4) is 11.4 Å². The highest BCUT2D eigenvalue weighted by Crippen LogP contribution is 2.26. The molecule has 0 saturated heterocycles. The second-order valence-corrected chi connectivity index (χ2v) is 4.37. The van der Waals surface area contributed by atoms with Crippen LogP contribution in [0.15, 0.2) is 24.8 Å². The topological polar surface area (TPSA) is 66.2 Å². The number of rotatable bonds is 5. The number of benzene rings is 1. The lowest BCUT2D eigenvalue weighted by molar-refractivity contribution is -0.145. The molecule has 0 saturated carbocycles. The summed E-state index contributed by atoms with van der Waals surface area (Å²) in [6.07, 6.45) is 3.17. The molecule has 6 nitrogen and oxygen atoms in total. The van der Waals surface area contributed by atoms with Gasteiger partial charge >= 0.3 is 5.97 Å². The SMILES string of the molecule is CCOC(=O)COc1cc(C)c(C)cc1-n1cnnc1. The first-order valence-electron chi connectivity index (χ1n) is 6.36. The first-order chi connectivity index (χ1) is 9.61. The van der Waals surface area contributed by atoms with E-state index in [9.17, 15) is 4.79 Å². The third kappa shape index (κ3) is 3.14. The molecule has 0 bridgehead atoms. The molecule has 0 radical (unpaired) electrons. The lowest BCUT2D eigenvalue weighted by atomic mass is 10.1. The zero-order valence-corrected chi connectivity index (χ0v) is 11.8. The van der Waals surface area contributed by atoms with Crippen LogP contribution in [0, 0.1) is 13.8 Å². The highest BCUT2D eigenvalue weighted by atomic mass is 16.6. The maximum absolute atomic E-state index is 11.4. The van der Waals surface area contributed by atoms with Gasteiger partial charge in [0.1, 0.15) is 18.4 Å². The lowest BCUT2D eigenvalue weighted by Gasteiger charge is -2.13. The quantitative estimate of drug-likeness (QED) is 0.779. The van der Waals surface area contributed by atoms with Gasteiger partial charge in [-0.2, -0.15) is 0 Å². The summed E-state index contributed by atoms with van der Waals surface area (Å²) in [4.78, 5) is 11.4. The molecule has 2 aromatic rings. The molecule has 0 unspecified atom stereocenters. The van der Waals surface area contributed by atoms with E-state index in [1.807, 2.05) is 26.0 Å². The average Bonchev–Trinajstić information content (AvgIpc) is 2.94. The fraction of sp³-hybridized carbons (Fsp3) is 0.357. The molecule has 0 N–H and O–H groups in total. The summed E-state index contributed by atoms with van der Waals surface area (Å²) in [6, 6.07) is 3.86. The number of esters is 1. The number of carbonyl (C=O) groups is 1. The molecule has 1 aromatic carbocycles. The van der Waals surface area contributed by atoms with Gasteiger partial charge in [-0.15, -0.1) is 10.2 Å². The normalized spacial score (nSPS) is 10.3. The highest BCUT2D eigenvalue weighted by Gasteiger charge is 2.11. The summed E-state index contributed by atoms with van der Waals surface area (Å²) in [5.41, 5.74) is 3.00. The minimum absolute atomic E-state index is 0.120. The molecule has 2 rings (SSSR count). The van der Waals surface area contributed by atoms with Crippen molar-refractivity contribution in [3.05, 3.63) is 35.9 Å². The molecule has 0 fully saturated rings. The molecule has 0 atom stereocenters. The lowest BCUT2D eigenvalue weighted by Crippen LogP contribution is -2.15. The summed E-state index contributed by atoms with van der Waals surface area (Å²) in [5, 5.41) is 7.56.